The number of ketones is 1. The van der Waals surface area contributed by atoms with E-state index in [1.165, 1.54) is 0 Å². The van der Waals surface area contributed by atoms with Crippen molar-refractivity contribution in [3.05, 3.63) is 48.0 Å². The molecule has 2 aromatic rings. The molecule has 2 nitrogen and oxygen atoms in total. The van der Waals surface area contributed by atoms with Crippen molar-refractivity contribution in [3.8, 4) is 5.75 Å². The SMILES string of the molecule is Cc1cc(C(=O)COc2cc(Cl)c(Br)cc2Cl)c(C)s1. The molecule has 0 atom stereocenters. The van der Waals surface area contributed by atoms with Crippen LogP contribution < -0.4 is 4.74 Å². The fourth-order valence-corrected chi connectivity index (χ4v) is 3.53. The first-order valence-electron chi connectivity index (χ1n) is 5.76. The zero-order valence-corrected chi connectivity index (χ0v) is 14.7. The summed E-state index contributed by atoms with van der Waals surface area (Å²) in [6.07, 6.45) is 0. The lowest BCUT2D eigenvalue weighted by atomic mass is 10.2. The molecule has 0 aliphatic heterocycles. The smallest absolute Gasteiger partial charge is 0.201 e. The van der Waals surface area contributed by atoms with Crippen molar-refractivity contribution in [2.24, 2.45) is 0 Å². The van der Waals surface area contributed by atoms with Crippen LogP contribution in [0.3, 0.4) is 0 Å². The first kappa shape index (κ1) is 15.8. The quantitative estimate of drug-likeness (QED) is 0.492. The van der Waals surface area contributed by atoms with Crippen LogP contribution in [0.25, 0.3) is 0 Å². The Morgan fingerprint density at radius 3 is 2.55 bits per heavy atom. The number of benzene rings is 1. The Morgan fingerprint density at radius 1 is 1.25 bits per heavy atom. The third-order valence-electron chi connectivity index (χ3n) is 2.67. The number of carbonyl (C=O) groups is 1. The summed E-state index contributed by atoms with van der Waals surface area (Å²) in [6, 6.07) is 5.11. The Morgan fingerprint density at radius 2 is 1.95 bits per heavy atom. The number of aryl methyl sites for hydroxylation is 2. The number of halogens is 3. The molecule has 0 saturated heterocycles. The van der Waals surface area contributed by atoms with Gasteiger partial charge < -0.3 is 4.74 Å². The van der Waals surface area contributed by atoms with Gasteiger partial charge in [-0.3, -0.25) is 4.79 Å². The summed E-state index contributed by atoms with van der Waals surface area (Å²) < 4.78 is 6.16. The van der Waals surface area contributed by atoms with Crippen LogP contribution in [0.4, 0.5) is 0 Å². The molecular formula is C14H11BrCl2O2S. The largest absolute Gasteiger partial charge is 0.484 e. The summed E-state index contributed by atoms with van der Waals surface area (Å²) in [4.78, 5) is 14.2. The van der Waals surface area contributed by atoms with Crippen molar-refractivity contribution in [2.45, 2.75) is 13.8 Å². The van der Waals surface area contributed by atoms with Crippen molar-refractivity contribution < 1.29 is 9.53 Å². The van der Waals surface area contributed by atoms with Crippen LogP contribution in [0.5, 0.6) is 5.75 Å². The fourth-order valence-electron chi connectivity index (χ4n) is 1.74. The molecule has 0 amide bonds. The molecule has 6 heteroatoms. The van der Waals surface area contributed by atoms with Crippen molar-refractivity contribution in [1.82, 2.24) is 0 Å². The number of Topliss-reactive ketones (excluding diaryl/α,β-unsaturated/α-hetero) is 1. The van der Waals surface area contributed by atoms with Crippen LogP contribution in [0.2, 0.25) is 10.0 Å². The number of hydrogen-bond donors (Lipinski definition) is 0. The maximum absolute atomic E-state index is 12.1. The predicted octanol–water partition coefficient (Wildman–Crippen LogP) is 5.70. The molecule has 0 spiro atoms. The molecule has 1 aromatic carbocycles. The molecule has 2 rings (SSSR count). The number of ether oxygens (including phenoxy) is 1. The van der Waals surface area contributed by atoms with Gasteiger partial charge in [-0.05, 0) is 41.9 Å². The third-order valence-corrected chi connectivity index (χ3v) is 5.13. The van der Waals surface area contributed by atoms with E-state index in [1.807, 2.05) is 19.9 Å². The van der Waals surface area contributed by atoms with Gasteiger partial charge in [0.25, 0.3) is 0 Å². The summed E-state index contributed by atoms with van der Waals surface area (Å²) in [5, 5.41) is 0.895. The second-order valence-corrected chi connectivity index (χ2v) is 7.36. The van der Waals surface area contributed by atoms with E-state index < -0.39 is 0 Å². The van der Waals surface area contributed by atoms with Crippen molar-refractivity contribution in [3.63, 3.8) is 0 Å². The standard InChI is InChI=1S/C14H11BrCl2O2S/c1-7-3-9(8(2)20-7)13(18)6-19-14-5-11(16)10(15)4-12(14)17/h3-5H,6H2,1-2H3. The summed E-state index contributed by atoms with van der Waals surface area (Å²) >= 11 is 16.9. The van der Waals surface area contributed by atoms with E-state index in [1.54, 1.807) is 23.5 Å². The molecule has 1 aromatic heterocycles. The van der Waals surface area contributed by atoms with E-state index in [2.05, 4.69) is 15.9 Å². The lowest BCUT2D eigenvalue weighted by molar-refractivity contribution is 0.0921. The van der Waals surface area contributed by atoms with Gasteiger partial charge in [0.2, 0.25) is 5.78 Å². The molecule has 0 radical (unpaired) electrons. The van der Waals surface area contributed by atoms with E-state index in [0.717, 1.165) is 9.75 Å². The van der Waals surface area contributed by atoms with E-state index in [-0.39, 0.29) is 12.4 Å². The topological polar surface area (TPSA) is 26.3 Å². The van der Waals surface area contributed by atoms with Gasteiger partial charge in [0.15, 0.2) is 6.61 Å². The number of rotatable bonds is 4. The summed E-state index contributed by atoms with van der Waals surface area (Å²) in [7, 11) is 0. The molecule has 0 fully saturated rings. The van der Waals surface area contributed by atoms with Crippen LogP contribution >= 0.6 is 50.5 Å². The minimum absolute atomic E-state index is 0.0608. The van der Waals surface area contributed by atoms with Gasteiger partial charge in [-0.1, -0.05) is 23.2 Å². The Labute approximate surface area is 139 Å². The Kier molecular flexibility index (Phi) is 5.13. The molecule has 0 aliphatic carbocycles. The zero-order valence-electron chi connectivity index (χ0n) is 10.8. The average Bonchev–Trinajstić information content (AvgIpc) is 2.71. The molecule has 20 heavy (non-hydrogen) atoms. The van der Waals surface area contributed by atoms with E-state index in [9.17, 15) is 4.79 Å². The van der Waals surface area contributed by atoms with Gasteiger partial charge in [-0.2, -0.15) is 0 Å². The summed E-state index contributed by atoms with van der Waals surface area (Å²) in [5.41, 5.74) is 0.701. The molecule has 1 heterocycles. The van der Waals surface area contributed by atoms with E-state index in [0.29, 0.717) is 25.8 Å². The molecular weight excluding hydrogens is 383 g/mol. The third kappa shape index (κ3) is 3.55. The lowest BCUT2D eigenvalue weighted by Gasteiger charge is -2.08. The number of thiophene rings is 1. The molecule has 0 saturated carbocycles. The van der Waals surface area contributed by atoms with E-state index >= 15 is 0 Å². The number of carbonyl (C=O) groups excluding carboxylic acids is 1. The molecule has 0 N–H and O–H groups in total. The molecule has 0 aliphatic rings. The van der Waals surface area contributed by atoms with Gasteiger partial charge in [-0.15, -0.1) is 11.3 Å². The zero-order chi connectivity index (χ0) is 14.9. The highest BCUT2D eigenvalue weighted by Gasteiger charge is 2.14. The van der Waals surface area contributed by atoms with Crippen LogP contribution in [-0.4, -0.2) is 12.4 Å². The van der Waals surface area contributed by atoms with Gasteiger partial charge in [0.1, 0.15) is 5.75 Å². The highest BCUT2D eigenvalue weighted by Crippen LogP contribution is 2.34. The first-order chi connectivity index (χ1) is 9.38. The Balaban J connectivity index is 2.11. The fraction of sp³-hybridized carbons (Fsp3) is 0.214. The van der Waals surface area contributed by atoms with Gasteiger partial charge in [0.05, 0.1) is 10.0 Å². The predicted molar refractivity (Wildman–Crippen MR) is 87.8 cm³/mol. The normalized spacial score (nSPS) is 10.7. The molecule has 0 unspecified atom stereocenters. The van der Waals surface area contributed by atoms with Crippen molar-refractivity contribution in [2.75, 3.05) is 6.61 Å². The molecule has 106 valence electrons. The Bertz CT molecular complexity index is 667. The second kappa shape index (κ2) is 6.48. The van der Waals surface area contributed by atoms with Crippen molar-refractivity contribution in [1.29, 1.82) is 0 Å². The summed E-state index contributed by atoms with van der Waals surface area (Å²) in [6.45, 7) is 3.84. The average molecular weight is 394 g/mol. The lowest BCUT2D eigenvalue weighted by Crippen LogP contribution is -2.12. The highest BCUT2D eigenvalue weighted by atomic mass is 79.9. The highest BCUT2D eigenvalue weighted by molar-refractivity contribution is 9.10. The monoisotopic (exact) mass is 392 g/mol. The second-order valence-electron chi connectivity index (χ2n) is 4.24. The summed E-state index contributed by atoms with van der Waals surface area (Å²) in [5.74, 6) is 0.333. The maximum Gasteiger partial charge on any atom is 0.201 e. The van der Waals surface area contributed by atoms with Crippen LogP contribution in [-0.2, 0) is 0 Å². The maximum atomic E-state index is 12.1. The van der Waals surface area contributed by atoms with Gasteiger partial charge in [-0.25, -0.2) is 0 Å². The van der Waals surface area contributed by atoms with Crippen LogP contribution in [0.15, 0.2) is 22.7 Å². The van der Waals surface area contributed by atoms with Gasteiger partial charge >= 0.3 is 0 Å². The first-order valence-corrected chi connectivity index (χ1v) is 8.12. The van der Waals surface area contributed by atoms with Crippen LogP contribution in [0.1, 0.15) is 20.1 Å². The molecule has 0 bridgehead atoms. The Hall–Kier alpha value is -0.550. The minimum atomic E-state index is -0.0676. The van der Waals surface area contributed by atoms with Crippen molar-refractivity contribution >= 4 is 56.3 Å². The van der Waals surface area contributed by atoms with Gasteiger partial charge in [0, 0.05) is 25.9 Å². The minimum Gasteiger partial charge on any atom is -0.484 e. The number of hydrogen-bond acceptors (Lipinski definition) is 3. The van der Waals surface area contributed by atoms with E-state index in [4.69, 9.17) is 27.9 Å². The van der Waals surface area contributed by atoms with Crippen LogP contribution in [0, 0.1) is 13.8 Å².